The summed E-state index contributed by atoms with van der Waals surface area (Å²) in [5.41, 5.74) is 1.07. The predicted octanol–water partition coefficient (Wildman–Crippen LogP) is 2.27. The highest BCUT2D eigenvalue weighted by atomic mass is 79.9. The predicted molar refractivity (Wildman–Crippen MR) is 80.0 cm³/mol. The third-order valence-corrected chi connectivity index (χ3v) is 4.47. The van der Waals surface area contributed by atoms with Crippen LogP contribution in [0.15, 0.2) is 30.3 Å². The van der Waals surface area contributed by atoms with Gasteiger partial charge in [-0.05, 0) is 5.56 Å². The standard InChI is InChI=1S/C15H19BrO5/c1-18-12(17)8-11-13(16)14(15(19-2)21-11)20-9-10-6-4-3-5-7-10/h3-7,11,13-15H,8-9H2,1-2H3/t11-,13-,14+,15-/m0/s1. The smallest absolute Gasteiger partial charge is 0.308 e. The number of carbonyl (C=O) groups excluding carboxylic acids is 1. The molecule has 21 heavy (non-hydrogen) atoms. The largest absolute Gasteiger partial charge is 0.469 e. The van der Waals surface area contributed by atoms with E-state index in [1.807, 2.05) is 30.3 Å². The number of methoxy groups -OCH3 is 2. The molecule has 4 atom stereocenters. The lowest BCUT2D eigenvalue weighted by molar-refractivity contribution is -0.168. The van der Waals surface area contributed by atoms with Gasteiger partial charge >= 0.3 is 5.97 Å². The number of alkyl halides is 1. The van der Waals surface area contributed by atoms with E-state index >= 15 is 0 Å². The van der Waals surface area contributed by atoms with Gasteiger partial charge in [0, 0.05) is 7.11 Å². The van der Waals surface area contributed by atoms with Crippen LogP contribution in [0.5, 0.6) is 0 Å². The molecule has 2 rings (SSSR count). The van der Waals surface area contributed by atoms with Gasteiger partial charge in [0.25, 0.3) is 0 Å². The zero-order chi connectivity index (χ0) is 15.2. The molecule has 1 heterocycles. The van der Waals surface area contributed by atoms with Crippen LogP contribution in [0, 0.1) is 0 Å². The Labute approximate surface area is 132 Å². The Hall–Kier alpha value is -0.950. The lowest BCUT2D eigenvalue weighted by Crippen LogP contribution is -2.32. The molecule has 1 saturated heterocycles. The monoisotopic (exact) mass is 358 g/mol. The Morgan fingerprint density at radius 3 is 2.62 bits per heavy atom. The fourth-order valence-corrected chi connectivity index (χ4v) is 2.93. The van der Waals surface area contributed by atoms with E-state index in [4.69, 9.17) is 14.2 Å². The lowest BCUT2D eigenvalue weighted by atomic mass is 10.1. The van der Waals surface area contributed by atoms with Crippen LogP contribution >= 0.6 is 15.9 Å². The van der Waals surface area contributed by atoms with Crippen molar-refractivity contribution in [3.05, 3.63) is 35.9 Å². The third kappa shape index (κ3) is 4.26. The summed E-state index contributed by atoms with van der Waals surface area (Å²) < 4.78 is 21.6. The van der Waals surface area contributed by atoms with Crippen LogP contribution in [0.2, 0.25) is 0 Å². The van der Waals surface area contributed by atoms with Crippen LogP contribution in [-0.4, -0.2) is 43.5 Å². The highest BCUT2D eigenvalue weighted by Gasteiger charge is 2.45. The number of esters is 1. The minimum Gasteiger partial charge on any atom is -0.469 e. The molecular weight excluding hydrogens is 340 g/mol. The summed E-state index contributed by atoms with van der Waals surface area (Å²) in [6, 6.07) is 9.87. The number of hydrogen-bond donors (Lipinski definition) is 0. The second-order valence-electron chi connectivity index (χ2n) is 4.76. The molecular formula is C15H19BrO5. The van der Waals surface area contributed by atoms with Gasteiger partial charge in [-0.1, -0.05) is 46.3 Å². The van der Waals surface area contributed by atoms with Gasteiger partial charge in [-0.3, -0.25) is 4.79 Å². The number of hydrogen-bond acceptors (Lipinski definition) is 5. The van der Waals surface area contributed by atoms with Gasteiger partial charge in [-0.25, -0.2) is 0 Å². The number of benzene rings is 1. The molecule has 1 aromatic rings. The summed E-state index contributed by atoms with van der Waals surface area (Å²) in [6.45, 7) is 0.460. The zero-order valence-electron chi connectivity index (χ0n) is 12.0. The average Bonchev–Trinajstić information content (AvgIpc) is 2.82. The molecule has 0 amide bonds. The van der Waals surface area contributed by atoms with Crippen molar-refractivity contribution in [2.75, 3.05) is 14.2 Å². The first kappa shape index (κ1) is 16.4. The van der Waals surface area contributed by atoms with E-state index in [0.29, 0.717) is 6.61 Å². The number of carbonyl (C=O) groups is 1. The summed E-state index contributed by atoms with van der Waals surface area (Å²) in [5, 5.41) is 0. The molecule has 1 fully saturated rings. The number of ether oxygens (including phenoxy) is 4. The maximum Gasteiger partial charge on any atom is 0.308 e. The van der Waals surface area contributed by atoms with Crippen LogP contribution in [0.4, 0.5) is 0 Å². The van der Waals surface area contributed by atoms with Crippen molar-refractivity contribution in [3.63, 3.8) is 0 Å². The Morgan fingerprint density at radius 2 is 2.00 bits per heavy atom. The first-order valence-electron chi connectivity index (χ1n) is 6.70. The van der Waals surface area contributed by atoms with Gasteiger partial charge in [-0.2, -0.15) is 0 Å². The van der Waals surface area contributed by atoms with E-state index < -0.39 is 6.29 Å². The van der Waals surface area contributed by atoms with Gasteiger partial charge < -0.3 is 18.9 Å². The first-order valence-corrected chi connectivity index (χ1v) is 7.62. The molecule has 5 nitrogen and oxygen atoms in total. The Balaban J connectivity index is 1.95. The van der Waals surface area contributed by atoms with E-state index in [-0.39, 0.29) is 29.4 Å². The topological polar surface area (TPSA) is 54.0 Å². The molecule has 1 aliphatic heterocycles. The van der Waals surface area contributed by atoms with Gasteiger partial charge in [0.1, 0.15) is 6.10 Å². The SMILES string of the molecule is COC(=O)C[C@@H]1O[C@H](OC)[C@H](OCc2ccccc2)[C@H]1Br. The van der Waals surface area contributed by atoms with Crippen molar-refractivity contribution in [3.8, 4) is 0 Å². The van der Waals surface area contributed by atoms with Crippen molar-refractivity contribution in [1.82, 2.24) is 0 Å². The molecule has 0 radical (unpaired) electrons. The van der Waals surface area contributed by atoms with Gasteiger partial charge in [0.2, 0.25) is 0 Å². The van der Waals surface area contributed by atoms with E-state index in [1.165, 1.54) is 7.11 Å². The fraction of sp³-hybridized carbons (Fsp3) is 0.533. The first-order chi connectivity index (χ1) is 10.2. The van der Waals surface area contributed by atoms with Crippen molar-refractivity contribution in [1.29, 1.82) is 0 Å². The molecule has 0 unspecified atom stereocenters. The van der Waals surface area contributed by atoms with Crippen LogP contribution < -0.4 is 0 Å². The van der Waals surface area contributed by atoms with Crippen LogP contribution in [0.3, 0.4) is 0 Å². The van der Waals surface area contributed by atoms with Gasteiger partial charge in [0.15, 0.2) is 6.29 Å². The quantitative estimate of drug-likeness (QED) is 0.576. The van der Waals surface area contributed by atoms with Crippen LogP contribution in [-0.2, 0) is 30.3 Å². The van der Waals surface area contributed by atoms with Gasteiger partial charge in [-0.15, -0.1) is 0 Å². The molecule has 0 aromatic heterocycles. The second-order valence-corrected chi connectivity index (χ2v) is 5.82. The number of halogens is 1. The van der Waals surface area contributed by atoms with Crippen LogP contribution in [0.25, 0.3) is 0 Å². The molecule has 1 aliphatic rings. The van der Waals surface area contributed by atoms with Crippen molar-refractivity contribution in [2.45, 2.75) is 36.4 Å². The van der Waals surface area contributed by atoms with Crippen molar-refractivity contribution in [2.24, 2.45) is 0 Å². The van der Waals surface area contributed by atoms with Gasteiger partial charge in [0.05, 0.1) is 31.1 Å². The lowest BCUT2D eigenvalue weighted by Gasteiger charge is -2.19. The summed E-state index contributed by atoms with van der Waals surface area (Å²) in [6.07, 6.45) is -0.960. The van der Waals surface area contributed by atoms with E-state index in [9.17, 15) is 4.79 Å². The molecule has 6 heteroatoms. The van der Waals surface area contributed by atoms with Crippen molar-refractivity contribution >= 4 is 21.9 Å². The minimum atomic E-state index is -0.507. The zero-order valence-corrected chi connectivity index (χ0v) is 13.6. The Morgan fingerprint density at radius 1 is 1.29 bits per heavy atom. The van der Waals surface area contributed by atoms with Crippen LogP contribution in [0.1, 0.15) is 12.0 Å². The molecule has 0 N–H and O–H groups in total. The summed E-state index contributed by atoms with van der Waals surface area (Å²) in [4.78, 5) is 11.3. The summed E-state index contributed by atoms with van der Waals surface area (Å²) in [7, 11) is 2.92. The number of rotatable bonds is 6. The molecule has 0 aliphatic carbocycles. The molecule has 0 spiro atoms. The fourth-order valence-electron chi connectivity index (χ4n) is 2.22. The normalized spacial score (nSPS) is 28.5. The Bertz CT molecular complexity index is 453. The Kier molecular flexibility index (Phi) is 6.17. The van der Waals surface area contributed by atoms with E-state index in [2.05, 4.69) is 20.7 Å². The third-order valence-electron chi connectivity index (χ3n) is 3.36. The molecule has 1 aromatic carbocycles. The average molecular weight is 359 g/mol. The summed E-state index contributed by atoms with van der Waals surface area (Å²) in [5.74, 6) is -0.317. The maximum atomic E-state index is 11.4. The van der Waals surface area contributed by atoms with E-state index in [0.717, 1.165) is 5.56 Å². The maximum absolute atomic E-state index is 11.4. The molecule has 0 saturated carbocycles. The molecule has 116 valence electrons. The van der Waals surface area contributed by atoms with Crippen molar-refractivity contribution < 1.29 is 23.7 Å². The summed E-state index contributed by atoms with van der Waals surface area (Å²) >= 11 is 3.55. The van der Waals surface area contributed by atoms with E-state index in [1.54, 1.807) is 7.11 Å². The highest BCUT2D eigenvalue weighted by molar-refractivity contribution is 9.09. The molecule has 0 bridgehead atoms. The highest BCUT2D eigenvalue weighted by Crippen LogP contribution is 2.32. The second kappa shape index (κ2) is 7.89. The minimum absolute atomic E-state index is 0.134.